The van der Waals surface area contributed by atoms with E-state index in [-0.39, 0.29) is 0 Å². The summed E-state index contributed by atoms with van der Waals surface area (Å²) in [6.07, 6.45) is 0.888. The average molecular weight is 271 g/mol. The van der Waals surface area contributed by atoms with Gasteiger partial charge in [-0.25, -0.2) is 9.97 Å². The summed E-state index contributed by atoms with van der Waals surface area (Å²) < 4.78 is 5.53. The van der Waals surface area contributed by atoms with E-state index in [2.05, 4.69) is 29.1 Å². The molecule has 0 fully saturated rings. The third-order valence-corrected chi connectivity index (χ3v) is 2.90. The van der Waals surface area contributed by atoms with Crippen molar-refractivity contribution in [2.24, 2.45) is 0 Å². The van der Waals surface area contributed by atoms with Gasteiger partial charge in [-0.3, -0.25) is 0 Å². The summed E-state index contributed by atoms with van der Waals surface area (Å²) >= 11 is 0. The van der Waals surface area contributed by atoms with Crippen LogP contribution in [-0.2, 0) is 6.42 Å². The number of nitrogens with zero attached hydrogens (tertiary/aromatic N) is 2. The Kier molecular flexibility index (Phi) is 4.93. The van der Waals surface area contributed by atoms with Crippen molar-refractivity contribution in [1.29, 1.82) is 0 Å². The lowest BCUT2D eigenvalue weighted by molar-refractivity contribution is 0.340. The van der Waals surface area contributed by atoms with Gasteiger partial charge in [0.1, 0.15) is 11.6 Å². The van der Waals surface area contributed by atoms with E-state index in [1.807, 2.05) is 37.3 Å². The lowest BCUT2D eigenvalue weighted by Crippen LogP contribution is -2.03. The van der Waals surface area contributed by atoms with Crippen LogP contribution < -0.4 is 10.1 Å². The van der Waals surface area contributed by atoms with Gasteiger partial charge in [-0.2, -0.15) is 0 Å². The van der Waals surface area contributed by atoms with Crippen molar-refractivity contribution in [3.8, 4) is 17.1 Å². The maximum absolute atomic E-state index is 5.53. The Morgan fingerprint density at radius 1 is 1.10 bits per heavy atom. The first-order valence-corrected chi connectivity index (χ1v) is 7.11. The predicted octanol–water partition coefficient (Wildman–Crippen LogP) is 3.54. The lowest BCUT2D eigenvalue weighted by Gasteiger charge is -2.09. The second kappa shape index (κ2) is 6.89. The fraction of sp³-hybridized carbons (Fsp3) is 0.375. The maximum atomic E-state index is 5.53. The Hall–Kier alpha value is -2.10. The van der Waals surface area contributed by atoms with Gasteiger partial charge in [0, 0.05) is 23.9 Å². The minimum atomic E-state index is 0.655. The van der Waals surface area contributed by atoms with Gasteiger partial charge in [0.2, 0.25) is 0 Å². The van der Waals surface area contributed by atoms with Crippen LogP contribution in [-0.4, -0.2) is 23.1 Å². The Labute approximate surface area is 120 Å². The fourth-order valence-electron chi connectivity index (χ4n) is 1.97. The molecule has 0 atom stereocenters. The molecule has 1 aromatic carbocycles. The van der Waals surface area contributed by atoms with Crippen molar-refractivity contribution >= 4 is 5.82 Å². The summed E-state index contributed by atoms with van der Waals surface area (Å²) in [5.41, 5.74) is 2.01. The van der Waals surface area contributed by atoms with Crippen molar-refractivity contribution < 1.29 is 4.74 Å². The zero-order chi connectivity index (χ0) is 14.4. The van der Waals surface area contributed by atoms with E-state index in [0.29, 0.717) is 6.61 Å². The van der Waals surface area contributed by atoms with E-state index in [4.69, 9.17) is 4.74 Å². The third-order valence-electron chi connectivity index (χ3n) is 2.90. The predicted molar refractivity (Wildman–Crippen MR) is 82.2 cm³/mol. The molecule has 2 aromatic rings. The maximum Gasteiger partial charge on any atom is 0.161 e. The van der Waals surface area contributed by atoms with Crippen molar-refractivity contribution in [3.63, 3.8) is 0 Å². The first kappa shape index (κ1) is 14.3. The van der Waals surface area contributed by atoms with Crippen LogP contribution in [0.3, 0.4) is 0 Å². The van der Waals surface area contributed by atoms with E-state index >= 15 is 0 Å². The molecule has 1 N–H and O–H groups in total. The van der Waals surface area contributed by atoms with Crippen molar-refractivity contribution in [2.75, 3.05) is 18.5 Å². The largest absolute Gasteiger partial charge is 0.494 e. The number of benzene rings is 1. The fourth-order valence-corrected chi connectivity index (χ4v) is 1.97. The van der Waals surface area contributed by atoms with Gasteiger partial charge in [-0.15, -0.1) is 0 Å². The molecule has 0 saturated carbocycles. The highest BCUT2D eigenvalue weighted by Gasteiger charge is 2.07. The summed E-state index contributed by atoms with van der Waals surface area (Å²) in [6, 6.07) is 9.90. The second-order valence-corrected chi connectivity index (χ2v) is 4.41. The Morgan fingerprint density at radius 3 is 2.65 bits per heavy atom. The molecule has 0 bridgehead atoms. The van der Waals surface area contributed by atoms with Crippen LogP contribution in [0.1, 0.15) is 26.5 Å². The van der Waals surface area contributed by atoms with Gasteiger partial charge in [0.25, 0.3) is 0 Å². The molecule has 0 amide bonds. The zero-order valence-electron chi connectivity index (χ0n) is 12.3. The number of anilines is 1. The van der Waals surface area contributed by atoms with Gasteiger partial charge in [-0.05, 0) is 32.4 Å². The van der Waals surface area contributed by atoms with Crippen LogP contribution in [0.25, 0.3) is 11.4 Å². The number of hydrogen-bond donors (Lipinski definition) is 1. The van der Waals surface area contributed by atoms with Crippen molar-refractivity contribution in [1.82, 2.24) is 9.97 Å². The molecule has 4 heteroatoms. The number of hydrogen-bond acceptors (Lipinski definition) is 4. The Morgan fingerprint density at radius 2 is 1.95 bits per heavy atom. The monoisotopic (exact) mass is 271 g/mol. The quantitative estimate of drug-likeness (QED) is 0.873. The molecule has 0 aliphatic heterocycles. The highest BCUT2D eigenvalue weighted by Crippen LogP contribution is 2.22. The zero-order valence-corrected chi connectivity index (χ0v) is 12.3. The second-order valence-electron chi connectivity index (χ2n) is 4.41. The molecule has 2 rings (SSSR count). The minimum Gasteiger partial charge on any atom is -0.494 e. The molecule has 0 aliphatic rings. The van der Waals surface area contributed by atoms with E-state index < -0.39 is 0 Å². The Bertz CT molecular complexity index is 569. The SMILES string of the molecule is CCNc1cc(CC)nc(-c2cccc(OCC)c2)n1. The highest BCUT2D eigenvalue weighted by molar-refractivity contribution is 5.59. The van der Waals surface area contributed by atoms with Gasteiger partial charge in [0.05, 0.1) is 6.61 Å². The number of nitrogens with one attached hydrogen (secondary N) is 1. The first-order valence-electron chi connectivity index (χ1n) is 7.11. The summed E-state index contributed by atoms with van der Waals surface area (Å²) in [7, 11) is 0. The van der Waals surface area contributed by atoms with Gasteiger partial charge >= 0.3 is 0 Å². The molecular weight excluding hydrogens is 250 g/mol. The minimum absolute atomic E-state index is 0.655. The molecule has 20 heavy (non-hydrogen) atoms. The normalized spacial score (nSPS) is 10.3. The molecule has 1 aromatic heterocycles. The van der Waals surface area contributed by atoms with E-state index in [1.54, 1.807) is 0 Å². The Balaban J connectivity index is 2.39. The molecule has 0 unspecified atom stereocenters. The topological polar surface area (TPSA) is 47.0 Å². The standard InChI is InChI=1S/C16H21N3O/c1-4-13-11-15(17-5-2)19-16(18-13)12-8-7-9-14(10-12)20-6-3/h7-11H,4-6H2,1-3H3,(H,17,18,19). The summed E-state index contributed by atoms with van der Waals surface area (Å²) in [6.45, 7) is 7.63. The van der Waals surface area contributed by atoms with Crippen LogP contribution in [0, 0.1) is 0 Å². The molecular formula is C16H21N3O. The number of ether oxygens (including phenoxy) is 1. The van der Waals surface area contributed by atoms with E-state index in [1.165, 1.54) is 0 Å². The molecule has 0 aliphatic carbocycles. The lowest BCUT2D eigenvalue weighted by atomic mass is 10.2. The first-order chi connectivity index (χ1) is 9.76. The molecule has 106 valence electrons. The average Bonchev–Trinajstić information content (AvgIpc) is 2.48. The van der Waals surface area contributed by atoms with E-state index in [9.17, 15) is 0 Å². The molecule has 1 heterocycles. The molecule has 0 saturated heterocycles. The number of aromatic nitrogens is 2. The summed E-state index contributed by atoms with van der Waals surface area (Å²) in [4.78, 5) is 9.16. The van der Waals surface area contributed by atoms with E-state index in [0.717, 1.165) is 41.6 Å². The molecule has 4 nitrogen and oxygen atoms in total. The summed E-state index contributed by atoms with van der Waals surface area (Å²) in [5.74, 6) is 2.46. The molecule has 0 spiro atoms. The van der Waals surface area contributed by atoms with Crippen LogP contribution in [0.15, 0.2) is 30.3 Å². The number of aryl methyl sites for hydroxylation is 1. The van der Waals surface area contributed by atoms with Crippen LogP contribution in [0.4, 0.5) is 5.82 Å². The number of rotatable bonds is 6. The van der Waals surface area contributed by atoms with Crippen LogP contribution >= 0.6 is 0 Å². The van der Waals surface area contributed by atoms with Crippen LogP contribution in [0.2, 0.25) is 0 Å². The third kappa shape index (κ3) is 3.47. The van der Waals surface area contributed by atoms with Gasteiger partial charge in [-0.1, -0.05) is 19.1 Å². The van der Waals surface area contributed by atoms with Crippen molar-refractivity contribution in [3.05, 3.63) is 36.0 Å². The highest BCUT2D eigenvalue weighted by atomic mass is 16.5. The smallest absolute Gasteiger partial charge is 0.161 e. The summed E-state index contributed by atoms with van der Waals surface area (Å²) in [5, 5.41) is 3.25. The van der Waals surface area contributed by atoms with Crippen molar-refractivity contribution in [2.45, 2.75) is 27.2 Å². The van der Waals surface area contributed by atoms with Crippen LogP contribution in [0.5, 0.6) is 5.75 Å². The molecule has 0 radical (unpaired) electrons. The van der Waals surface area contributed by atoms with Gasteiger partial charge in [0.15, 0.2) is 5.82 Å². The van der Waals surface area contributed by atoms with Gasteiger partial charge < -0.3 is 10.1 Å².